The third kappa shape index (κ3) is 3.89. The minimum atomic E-state index is -0.618. The van der Waals surface area contributed by atoms with Crippen LogP contribution in [0.3, 0.4) is 0 Å². The van der Waals surface area contributed by atoms with Gasteiger partial charge in [0.2, 0.25) is 0 Å². The minimum absolute atomic E-state index is 0.0835. The number of ketones is 1. The summed E-state index contributed by atoms with van der Waals surface area (Å²) in [6.45, 7) is 5.92. The Morgan fingerprint density at radius 3 is 2.62 bits per heavy atom. The molecule has 10 heteroatoms. The molecule has 0 amide bonds. The highest BCUT2D eigenvalue weighted by molar-refractivity contribution is 9.10. The number of nitro benzene ring substituents is 1. The third-order valence-electron chi connectivity index (χ3n) is 6.16. The summed E-state index contributed by atoms with van der Waals surface area (Å²) in [5.41, 5.74) is 7.45. The molecule has 2 aromatic rings. The lowest BCUT2D eigenvalue weighted by atomic mass is 9.69. The molecule has 2 N–H and O–H groups in total. The largest absolute Gasteiger partial charge is 0.496 e. The van der Waals surface area contributed by atoms with E-state index in [1.165, 1.54) is 29.4 Å². The topological polar surface area (TPSA) is 122 Å². The number of ether oxygens (including phenoxy) is 1. The number of hydrogen-bond acceptors (Lipinski definition) is 8. The van der Waals surface area contributed by atoms with Gasteiger partial charge in [0.05, 0.1) is 35.7 Å². The summed E-state index contributed by atoms with van der Waals surface area (Å²) >= 11 is 5.02. The molecule has 1 atom stereocenters. The average Bonchev–Trinajstić information content (AvgIpc) is 3.09. The summed E-state index contributed by atoms with van der Waals surface area (Å²) in [4.78, 5) is 28.4. The number of anilines is 1. The van der Waals surface area contributed by atoms with Crippen molar-refractivity contribution in [1.82, 2.24) is 0 Å². The van der Waals surface area contributed by atoms with Crippen molar-refractivity contribution in [3.8, 4) is 11.8 Å². The van der Waals surface area contributed by atoms with Gasteiger partial charge in [-0.05, 0) is 52.9 Å². The summed E-state index contributed by atoms with van der Waals surface area (Å²) in [6, 6.07) is 8.57. The van der Waals surface area contributed by atoms with Crippen LogP contribution in [0.2, 0.25) is 0 Å². The number of nitriles is 1. The van der Waals surface area contributed by atoms with E-state index in [0.29, 0.717) is 29.9 Å². The highest BCUT2D eigenvalue weighted by Crippen LogP contribution is 2.52. The first-order valence-electron chi connectivity index (χ1n) is 10.5. The third-order valence-corrected chi connectivity index (χ3v) is 8.36. The van der Waals surface area contributed by atoms with Crippen LogP contribution in [0.25, 0.3) is 0 Å². The number of methoxy groups -OCH3 is 1. The van der Waals surface area contributed by atoms with Crippen LogP contribution in [0, 0.1) is 33.8 Å². The second-order valence-electron chi connectivity index (χ2n) is 9.15. The van der Waals surface area contributed by atoms with Crippen molar-refractivity contribution in [2.75, 3.05) is 12.0 Å². The Balaban J connectivity index is 2.04. The second-order valence-corrected chi connectivity index (χ2v) is 11.3. The normalized spacial score (nSPS) is 19.7. The van der Waals surface area contributed by atoms with Crippen LogP contribution in [-0.2, 0) is 4.79 Å². The summed E-state index contributed by atoms with van der Waals surface area (Å²) in [5, 5.41) is 22.1. The molecular formula is C24H23BrN4O4S. The summed E-state index contributed by atoms with van der Waals surface area (Å²) in [5.74, 6) is -0.291. The standard InChI is InChI=1S/C24H23BrN4O4S/c1-12-15(25)8-20(34-12)21-14(11-26)23(27)28(18-9-24(2,3)10-19(30)22(18)21)16-6-5-13(33-4)7-17(16)29(31)32/h5-8,21H,9-10,27H2,1-4H3. The lowest BCUT2D eigenvalue weighted by molar-refractivity contribution is -0.384. The zero-order valence-corrected chi connectivity index (χ0v) is 21.5. The van der Waals surface area contributed by atoms with E-state index in [1.807, 2.05) is 26.8 Å². The smallest absolute Gasteiger partial charge is 0.296 e. The Hall–Kier alpha value is -3.16. The second kappa shape index (κ2) is 8.56. The number of nitro groups is 1. The van der Waals surface area contributed by atoms with E-state index in [0.717, 1.165) is 14.2 Å². The number of rotatable bonds is 4. The molecule has 1 unspecified atom stereocenters. The first kappa shape index (κ1) is 24.0. The molecule has 0 saturated heterocycles. The van der Waals surface area contributed by atoms with Crippen molar-refractivity contribution < 1.29 is 14.5 Å². The average molecular weight is 543 g/mol. The molecule has 4 rings (SSSR count). The molecule has 0 spiro atoms. The number of hydrogen-bond donors (Lipinski definition) is 1. The van der Waals surface area contributed by atoms with E-state index < -0.39 is 10.8 Å². The zero-order chi connectivity index (χ0) is 24.9. The van der Waals surface area contributed by atoms with Crippen molar-refractivity contribution in [3.05, 3.63) is 71.3 Å². The van der Waals surface area contributed by atoms with E-state index in [-0.39, 0.29) is 34.0 Å². The van der Waals surface area contributed by atoms with E-state index in [2.05, 4.69) is 22.0 Å². The first-order chi connectivity index (χ1) is 16.0. The van der Waals surface area contributed by atoms with Crippen LogP contribution in [0.4, 0.5) is 11.4 Å². The monoisotopic (exact) mass is 542 g/mol. The number of carbonyl (C=O) groups is 1. The maximum atomic E-state index is 13.6. The molecule has 8 nitrogen and oxygen atoms in total. The Kier molecular flexibility index (Phi) is 6.04. The van der Waals surface area contributed by atoms with Crippen LogP contribution in [-0.4, -0.2) is 17.8 Å². The molecule has 0 bridgehead atoms. The number of thiophene rings is 1. The Bertz CT molecular complexity index is 1320. The van der Waals surface area contributed by atoms with Crippen molar-refractivity contribution in [2.45, 2.75) is 39.5 Å². The van der Waals surface area contributed by atoms with Gasteiger partial charge in [0.15, 0.2) is 5.78 Å². The van der Waals surface area contributed by atoms with Crippen LogP contribution < -0.4 is 15.4 Å². The SMILES string of the molecule is COc1ccc(N2C(N)=C(C#N)C(c3cc(Br)c(C)s3)C3=C2CC(C)(C)CC3=O)c([N+](=O)[O-])c1. The van der Waals surface area contributed by atoms with Crippen LogP contribution >= 0.6 is 27.3 Å². The van der Waals surface area contributed by atoms with Gasteiger partial charge in [-0.1, -0.05) is 13.8 Å². The summed E-state index contributed by atoms with van der Waals surface area (Å²) in [7, 11) is 1.43. The van der Waals surface area contributed by atoms with Gasteiger partial charge >= 0.3 is 0 Å². The number of aryl methyl sites for hydroxylation is 1. The predicted molar refractivity (Wildman–Crippen MR) is 133 cm³/mol. The van der Waals surface area contributed by atoms with Gasteiger partial charge in [0.25, 0.3) is 5.69 Å². The molecule has 34 heavy (non-hydrogen) atoms. The lowest BCUT2D eigenvalue weighted by Gasteiger charge is -2.43. The molecule has 0 fully saturated rings. The minimum Gasteiger partial charge on any atom is -0.496 e. The van der Waals surface area contributed by atoms with Crippen LogP contribution in [0.1, 0.15) is 42.4 Å². The molecule has 176 valence electrons. The van der Waals surface area contributed by atoms with E-state index in [4.69, 9.17) is 10.5 Å². The summed E-state index contributed by atoms with van der Waals surface area (Å²) in [6.07, 6.45) is 0.781. The van der Waals surface area contributed by atoms with E-state index >= 15 is 0 Å². The number of carbonyl (C=O) groups excluding carboxylic acids is 1. The van der Waals surface area contributed by atoms with Crippen molar-refractivity contribution >= 4 is 44.4 Å². The van der Waals surface area contributed by atoms with E-state index in [1.54, 1.807) is 12.1 Å². The van der Waals surface area contributed by atoms with E-state index in [9.17, 15) is 20.2 Å². The molecular weight excluding hydrogens is 520 g/mol. The molecule has 0 radical (unpaired) electrons. The highest BCUT2D eigenvalue weighted by atomic mass is 79.9. The van der Waals surface area contributed by atoms with Gasteiger partial charge in [-0.15, -0.1) is 11.3 Å². The van der Waals surface area contributed by atoms with Crippen LogP contribution in [0.5, 0.6) is 5.75 Å². The summed E-state index contributed by atoms with van der Waals surface area (Å²) < 4.78 is 6.06. The number of nitrogens with two attached hydrogens (primary N) is 1. The zero-order valence-electron chi connectivity index (χ0n) is 19.1. The Morgan fingerprint density at radius 2 is 2.06 bits per heavy atom. The first-order valence-corrected chi connectivity index (χ1v) is 12.1. The fourth-order valence-electron chi connectivity index (χ4n) is 4.66. The molecule has 1 aliphatic heterocycles. The highest BCUT2D eigenvalue weighted by Gasteiger charge is 2.46. The quantitative estimate of drug-likeness (QED) is 0.389. The number of Topliss-reactive ketones (excluding diaryl/α,β-unsaturated/α-hetero) is 1. The van der Waals surface area contributed by atoms with Gasteiger partial charge in [0, 0.05) is 31.9 Å². The number of nitrogens with zero attached hydrogens (tertiary/aromatic N) is 3. The molecule has 0 saturated carbocycles. The predicted octanol–water partition coefficient (Wildman–Crippen LogP) is 5.68. The van der Waals surface area contributed by atoms with Gasteiger partial charge in [0.1, 0.15) is 17.3 Å². The van der Waals surface area contributed by atoms with Crippen molar-refractivity contribution in [2.24, 2.45) is 11.1 Å². The number of allylic oxidation sites excluding steroid dienone is 3. The van der Waals surface area contributed by atoms with Crippen LogP contribution in [0.15, 0.2) is 51.4 Å². The fraction of sp³-hybridized carbons (Fsp3) is 0.333. The van der Waals surface area contributed by atoms with Crippen molar-refractivity contribution in [1.29, 1.82) is 5.26 Å². The number of benzene rings is 1. The van der Waals surface area contributed by atoms with Gasteiger partial charge in [-0.3, -0.25) is 19.8 Å². The van der Waals surface area contributed by atoms with Gasteiger partial charge in [-0.25, -0.2) is 0 Å². The van der Waals surface area contributed by atoms with Crippen molar-refractivity contribution in [3.63, 3.8) is 0 Å². The van der Waals surface area contributed by atoms with Gasteiger partial charge < -0.3 is 10.5 Å². The molecule has 2 aliphatic rings. The van der Waals surface area contributed by atoms with Gasteiger partial charge in [-0.2, -0.15) is 5.26 Å². The Morgan fingerprint density at radius 1 is 1.35 bits per heavy atom. The molecule has 1 aliphatic carbocycles. The lowest BCUT2D eigenvalue weighted by Crippen LogP contribution is -2.42. The fourth-order valence-corrected chi connectivity index (χ4v) is 6.34. The maximum Gasteiger partial charge on any atom is 0.296 e. The number of halogens is 1. The maximum absolute atomic E-state index is 13.6. The molecule has 1 aromatic heterocycles. The molecule has 2 heterocycles. The Labute approximate surface area is 209 Å². The molecule has 1 aromatic carbocycles.